The second-order valence-electron chi connectivity index (χ2n) is 3.44. The van der Waals surface area contributed by atoms with Crippen LogP contribution in [0.25, 0.3) is 0 Å². The maximum absolute atomic E-state index is 10.7. The summed E-state index contributed by atoms with van der Waals surface area (Å²) in [6.07, 6.45) is 0. The molecule has 5 nitrogen and oxygen atoms in total. The van der Waals surface area contributed by atoms with Gasteiger partial charge >= 0.3 is 0 Å². The fourth-order valence-corrected chi connectivity index (χ4v) is 1.60. The average Bonchev–Trinajstić information content (AvgIpc) is 2.19. The van der Waals surface area contributed by atoms with Gasteiger partial charge in [-0.05, 0) is 24.6 Å². The predicted molar refractivity (Wildman–Crippen MR) is 62.4 cm³/mol. The summed E-state index contributed by atoms with van der Waals surface area (Å²) in [5.41, 5.74) is 2.24. The molecule has 0 aliphatic heterocycles. The molecule has 0 heterocycles. The van der Waals surface area contributed by atoms with Crippen molar-refractivity contribution < 1.29 is 8.42 Å². The monoisotopic (exact) mass is 239 g/mol. The number of nitrogens with zero attached hydrogens (tertiary/aromatic N) is 1. The molecular weight excluding hydrogens is 226 g/mol. The fourth-order valence-electron chi connectivity index (χ4n) is 1.21. The highest BCUT2D eigenvalue weighted by atomic mass is 32.2. The van der Waals surface area contributed by atoms with Crippen LogP contribution in [0.5, 0.6) is 0 Å². The second-order valence-corrected chi connectivity index (χ2v) is 5.17. The van der Waals surface area contributed by atoms with Crippen molar-refractivity contribution in [3.05, 3.63) is 29.3 Å². The van der Waals surface area contributed by atoms with Crippen LogP contribution in [0.3, 0.4) is 0 Å². The Labute approximate surface area is 94.9 Å². The SMILES string of the molecule is Cc1ccc(C#N)cc1NCCS(N)(=O)=O. The smallest absolute Gasteiger partial charge is 0.210 e. The lowest BCUT2D eigenvalue weighted by Gasteiger charge is -2.08. The molecule has 16 heavy (non-hydrogen) atoms. The maximum atomic E-state index is 10.7. The maximum Gasteiger partial charge on any atom is 0.210 e. The van der Waals surface area contributed by atoms with Gasteiger partial charge in [0.15, 0.2) is 0 Å². The van der Waals surface area contributed by atoms with Crippen molar-refractivity contribution in [3.8, 4) is 6.07 Å². The number of hydrogen-bond acceptors (Lipinski definition) is 4. The van der Waals surface area contributed by atoms with Crippen molar-refractivity contribution in [1.29, 1.82) is 5.26 Å². The van der Waals surface area contributed by atoms with Gasteiger partial charge in [0.05, 0.1) is 17.4 Å². The van der Waals surface area contributed by atoms with Gasteiger partial charge in [0.25, 0.3) is 0 Å². The first-order chi connectivity index (χ1) is 7.42. The van der Waals surface area contributed by atoms with Crippen molar-refractivity contribution in [2.75, 3.05) is 17.6 Å². The lowest BCUT2D eigenvalue weighted by atomic mass is 10.1. The topological polar surface area (TPSA) is 96.0 Å². The lowest BCUT2D eigenvalue weighted by Crippen LogP contribution is -2.22. The van der Waals surface area contributed by atoms with Crippen LogP contribution in [0.15, 0.2) is 18.2 Å². The molecule has 1 aromatic carbocycles. The highest BCUT2D eigenvalue weighted by Crippen LogP contribution is 2.15. The third kappa shape index (κ3) is 3.88. The van der Waals surface area contributed by atoms with Crippen LogP contribution in [0.2, 0.25) is 0 Å². The summed E-state index contributed by atoms with van der Waals surface area (Å²) in [7, 11) is -3.45. The molecule has 0 atom stereocenters. The third-order valence-electron chi connectivity index (χ3n) is 2.07. The number of aryl methyl sites for hydroxylation is 1. The van der Waals surface area contributed by atoms with E-state index in [9.17, 15) is 8.42 Å². The summed E-state index contributed by atoms with van der Waals surface area (Å²) in [5.74, 6) is -0.136. The van der Waals surface area contributed by atoms with E-state index in [1.54, 1.807) is 18.2 Å². The minimum absolute atomic E-state index is 0.136. The summed E-state index contributed by atoms with van der Waals surface area (Å²) < 4.78 is 21.4. The van der Waals surface area contributed by atoms with Gasteiger partial charge in [-0.15, -0.1) is 0 Å². The minimum atomic E-state index is -3.45. The van der Waals surface area contributed by atoms with Crippen LogP contribution in [0, 0.1) is 18.3 Å². The molecule has 86 valence electrons. The van der Waals surface area contributed by atoms with E-state index in [0.29, 0.717) is 5.56 Å². The van der Waals surface area contributed by atoms with Crippen molar-refractivity contribution in [3.63, 3.8) is 0 Å². The summed E-state index contributed by atoms with van der Waals surface area (Å²) in [4.78, 5) is 0. The second kappa shape index (κ2) is 4.96. The molecule has 1 aromatic rings. The number of benzene rings is 1. The molecule has 0 bridgehead atoms. The van der Waals surface area contributed by atoms with E-state index < -0.39 is 10.0 Å². The van der Waals surface area contributed by atoms with Crippen LogP contribution in [-0.4, -0.2) is 20.7 Å². The Balaban J connectivity index is 2.71. The highest BCUT2D eigenvalue weighted by Gasteiger charge is 2.03. The normalized spacial score (nSPS) is 10.8. The number of anilines is 1. The molecule has 6 heteroatoms. The van der Waals surface area contributed by atoms with Crippen molar-refractivity contribution in [2.45, 2.75) is 6.92 Å². The minimum Gasteiger partial charge on any atom is -0.384 e. The molecule has 0 saturated heterocycles. The first-order valence-corrected chi connectivity index (χ1v) is 6.39. The molecule has 0 aliphatic rings. The van der Waals surface area contributed by atoms with Crippen LogP contribution in [-0.2, 0) is 10.0 Å². The third-order valence-corrected chi connectivity index (χ3v) is 2.84. The molecule has 1 rings (SSSR count). The first kappa shape index (κ1) is 12.5. The van der Waals surface area contributed by atoms with Gasteiger partial charge < -0.3 is 5.32 Å². The predicted octanol–water partition coefficient (Wildman–Crippen LogP) is 0.567. The van der Waals surface area contributed by atoms with Gasteiger partial charge in [-0.25, -0.2) is 13.6 Å². The average molecular weight is 239 g/mol. The Hall–Kier alpha value is -1.58. The number of hydrogen-bond donors (Lipinski definition) is 2. The van der Waals surface area contributed by atoms with E-state index in [0.717, 1.165) is 11.3 Å². The summed E-state index contributed by atoms with van der Waals surface area (Å²) >= 11 is 0. The number of nitriles is 1. The summed E-state index contributed by atoms with van der Waals surface area (Å²) in [6.45, 7) is 2.11. The standard InChI is InChI=1S/C10H13N3O2S/c1-8-2-3-9(7-11)6-10(8)13-4-5-16(12,14)15/h2-3,6,13H,4-5H2,1H3,(H2,12,14,15). The van der Waals surface area contributed by atoms with Gasteiger partial charge in [-0.3, -0.25) is 0 Å². The van der Waals surface area contributed by atoms with Crippen molar-refractivity contribution in [1.82, 2.24) is 0 Å². The van der Waals surface area contributed by atoms with Gasteiger partial charge in [0.1, 0.15) is 0 Å². The van der Waals surface area contributed by atoms with Crippen molar-refractivity contribution >= 4 is 15.7 Å². The van der Waals surface area contributed by atoms with E-state index in [2.05, 4.69) is 5.32 Å². The Morgan fingerprint density at radius 3 is 2.75 bits per heavy atom. The highest BCUT2D eigenvalue weighted by molar-refractivity contribution is 7.89. The Kier molecular flexibility index (Phi) is 3.88. The number of primary sulfonamides is 1. The lowest BCUT2D eigenvalue weighted by molar-refractivity contribution is 0.598. The zero-order valence-corrected chi connectivity index (χ0v) is 9.71. The molecular formula is C10H13N3O2S. The number of nitrogens with one attached hydrogen (secondary N) is 1. The van der Waals surface area contributed by atoms with Gasteiger partial charge in [-0.1, -0.05) is 6.07 Å². The van der Waals surface area contributed by atoms with Crippen LogP contribution in [0.1, 0.15) is 11.1 Å². The Bertz CT molecular complexity index is 517. The molecule has 0 amide bonds. The zero-order valence-electron chi connectivity index (χ0n) is 8.90. The van der Waals surface area contributed by atoms with E-state index in [4.69, 9.17) is 10.4 Å². The molecule has 0 saturated carbocycles. The summed E-state index contributed by atoms with van der Waals surface area (Å²) in [5, 5.41) is 16.5. The Morgan fingerprint density at radius 2 is 2.19 bits per heavy atom. The first-order valence-electron chi connectivity index (χ1n) is 4.67. The van der Waals surface area contributed by atoms with E-state index >= 15 is 0 Å². The number of rotatable bonds is 4. The number of nitrogens with two attached hydrogens (primary N) is 1. The van der Waals surface area contributed by atoms with Crippen LogP contribution in [0.4, 0.5) is 5.69 Å². The van der Waals surface area contributed by atoms with Gasteiger partial charge in [-0.2, -0.15) is 5.26 Å². The Morgan fingerprint density at radius 1 is 1.50 bits per heavy atom. The molecule has 0 aliphatic carbocycles. The summed E-state index contributed by atoms with van der Waals surface area (Å²) in [6, 6.07) is 7.21. The van der Waals surface area contributed by atoms with E-state index in [1.807, 2.05) is 13.0 Å². The van der Waals surface area contributed by atoms with Gasteiger partial charge in [0, 0.05) is 12.2 Å². The largest absolute Gasteiger partial charge is 0.384 e. The molecule has 0 aromatic heterocycles. The molecule has 0 fully saturated rings. The van der Waals surface area contributed by atoms with E-state index in [1.165, 1.54) is 0 Å². The molecule has 0 radical (unpaired) electrons. The van der Waals surface area contributed by atoms with E-state index in [-0.39, 0.29) is 12.3 Å². The molecule has 0 spiro atoms. The molecule has 3 N–H and O–H groups in total. The number of sulfonamides is 1. The van der Waals surface area contributed by atoms with Gasteiger partial charge in [0.2, 0.25) is 10.0 Å². The van der Waals surface area contributed by atoms with Crippen molar-refractivity contribution in [2.24, 2.45) is 5.14 Å². The fraction of sp³-hybridized carbons (Fsp3) is 0.300. The quantitative estimate of drug-likeness (QED) is 0.802. The zero-order chi connectivity index (χ0) is 12.2. The van der Waals surface area contributed by atoms with Crippen LogP contribution >= 0.6 is 0 Å². The molecule has 0 unspecified atom stereocenters. The van der Waals surface area contributed by atoms with Crippen LogP contribution < -0.4 is 10.5 Å².